The Morgan fingerprint density at radius 1 is 1.25 bits per heavy atom. The van der Waals surface area contributed by atoms with E-state index >= 15 is 0 Å². The van der Waals surface area contributed by atoms with Gasteiger partial charge in [0.15, 0.2) is 5.17 Å². The smallest absolute Gasteiger partial charge is 0.305 e. The van der Waals surface area contributed by atoms with Crippen LogP contribution in [0.4, 0.5) is 0 Å². The molecule has 0 unspecified atom stereocenters. The first-order valence-electron chi connectivity index (χ1n) is 8.28. The molecule has 2 aromatic rings. The fraction of sp³-hybridized carbons (Fsp3) is 0.158. The number of benzene rings is 2. The molecule has 1 saturated heterocycles. The highest BCUT2D eigenvalue weighted by Gasteiger charge is 2.32. The van der Waals surface area contributed by atoms with Gasteiger partial charge in [0, 0.05) is 10.6 Å². The van der Waals surface area contributed by atoms with E-state index in [0.29, 0.717) is 17.4 Å². The average Bonchev–Trinajstić information content (AvgIpc) is 3.01. The molecule has 9 heteroatoms. The third-order valence-corrected chi connectivity index (χ3v) is 5.17. The van der Waals surface area contributed by atoms with Gasteiger partial charge in [-0.15, -0.1) is 5.10 Å². The van der Waals surface area contributed by atoms with Crippen LogP contribution in [-0.2, 0) is 16.2 Å². The normalized spacial score (nSPS) is 17.8. The molecule has 0 bridgehead atoms. The zero-order valence-corrected chi connectivity index (χ0v) is 16.1. The maximum absolute atomic E-state index is 11.6. The highest BCUT2D eigenvalue weighted by molar-refractivity contribution is 8.15. The summed E-state index contributed by atoms with van der Waals surface area (Å²) in [6.45, 7) is 0.370. The lowest BCUT2D eigenvalue weighted by Gasteiger charge is -2.07. The number of carbonyl (C=O) groups is 2. The lowest BCUT2D eigenvalue weighted by Crippen LogP contribution is -2.26. The first-order valence-corrected chi connectivity index (χ1v) is 9.53. The molecule has 0 aliphatic carbocycles. The van der Waals surface area contributed by atoms with Crippen LogP contribution < -0.4 is 10.1 Å². The molecular weight excluding hydrogens is 402 g/mol. The second-order valence-electron chi connectivity index (χ2n) is 5.79. The van der Waals surface area contributed by atoms with E-state index in [1.807, 2.05) is 36.4 Å². The average molecular weight is 418 g/mol. The monoisotopic (exact) mass is 417 g/mol. The molecular formula is C19H16ClN3O4S. The number of hydrogen-bond acceptors (Lipinski definition) is 6. The summed E-state index contributed by atoms with van der Waals surface area (Å²) >= 11 is 7.16. The molecule has 0 saturated carbocycles. The van der Waals surface area contributed by atoms with Crippen molar-refractivity contribution in [3.63, 3.8) is 0 Å². The van der Waals surface area contributed by atoms with Crippen molar-refractivity contribution in [2.75, 3.05) is 0 Å². The van der Waals surface area contributed by atoms with Crippen molar-refractivity contribution in [2.45, 2.75) is 18.3 Å². The molecule has 2 aromatic carbocycles. The molecule has 1 heterocycles. The highest BCUT2D eigenvalue weighted by Crippen LogP contribution is 2.22. The largest absolute Gasteiger partial charge is 0.489 e. The van der Waals surface area contributed by atoms with Crippen LogP contribution in [-0.4, -0.2) is 33.6 Å². The van der Waals surface area contributed by atoms with Crippen LogP contribution in [0.5, 0.6) is 5.75 Å². The number of carboxylic acids is 1. The highest BCUT2D eigenvalue weighted by atomic mass is 35.5. The predicted molar refractivity (Wildman–Crippen MR) is 109 cm³/mol. The Hall–Kier alpha value is -2.84. The van der Waals surface area contributed by atoms with E-state index in [4.69, 9.17) is 21.4 Å². The zero-order valence-electron chi connectivity index (χ0n) is 14.5. The van der Waals surface area contributed by atoms with Crippen LogP contribution in [0.1, 0.15) is 17.5 Å². The molecule has 1 fully saturated rings. The lowest BCUT2D eigenvalue weighted by atomic mass is 10.2. The third kappa shape index (κ3) is 5.58. The van der Waals surface area contributed by atoms with E-state index in [-0.39, 0.29) is 17.5 Å². The summed E-state index contributed by atoms with van der Waals surface area (Å²) in [6.07, 6.45) is 1.27. The summed E-state index contributed by atoms with van der Waals surface area (Å²) in [5.41, 5.74) is 1.70. The lowest BCUT2D eigenvalue weighted by molar-refractivity contribution is -0.138. The van der Waals surface area contributed by atoms with Gasteiger partial charge >= 0.3 is 5.97 Å². The third-order valence-electron chi connectivity index (χ3n) is 3.72. The van der Waals surface area contributed by atoms with Crippen LogP contribution in [0.15, 0.2) is 58.7 Å². The summed E-state index contributed by atoms with van der Waals surface area (Å²) in [5, 5.41) is 19.4. The number of amides is 1. The van der Waals surface area contributed by atoms with Crippen molar-refractivity contribution >= 4 is 46.6 Å². The van der Waals surface area contributed by atoms with Gasteiger partial charge in [-0.05, 0) is 35.9 Å². The van der Waals surface area contributed by atoms with Crippen LogP contribution in [0, 0.1) is 0 Å². The van der Waals surface area contributed by atoms with Gasteiger partial charge in [0.25, 0.3) is 0 Å². The molecule has 1 aliphatic heterocycles. The van der Waals surface area contributed by atoms with E-state index < -0.39 is 11.2 Å². The van der Waals surface area contributed by atoms with Crippen molar-refractivity contribution in [1.29, 1.82) is 0 Å². The Balaban J connectivity index is 1.53. The zero-order chi connectivity index (χ0) is 19.9. The van der Waals surface area contributed by atoms with Crippen molar-refractivity contribution in [3.05, 3.63) is 64.7 Å². The molecule has 0 radical (unpaired) electrons. The summed E-state index contributed by atoms with van der Waals surface area (Å²) < 4.78 is 5.71. The quantitative estimate of drug-likeness (QED) is 0.531. The summed E-state index contributed by atoms with van der Waals surface area (Å²) in [6, 6.07) is 14.7. The van der Waals surface area contributed by atoms with E-state index in [2.05, 4.69) is 15.5 Å². The minimum atomic E-state index is -1.03. The molecule has 1 amide bonds. The molecule has 144 valence electrons. The molecule has 1 aliphatic rings. The van der Waals surface area contributed by atoms with Crippen molar-refractivity contribution in [1.82, 2.24) is 5.32 Å². The van der Waals surface area contributed by atoms with Crippen molar-refractivity contribution < 1.29 is 19.4 Å². The van der Waals surface area contributed by atoms with Gasteiger partial charge in [-0.2, -0.15) is 5.10 Å². The number of hydrogen-bond donors (Lipinski definition) is 2. The topological polar surface area (TPSA) is 100 Å². The Morgan fingerprint density at radius 2 is 2.00 bits per heavy atom. The summed E-state index contributed by atoms with van der Waals surface area (Å²) in [4.78, 5) is 22.3. The molecule has 0 aromatic heterocycles. The Morgan fingerprint density at radius 3 is 2.71 bits per heavy atom. The minimum Gasteiger partial charge on any atom is -0.489 e. The van der Waals surface area contributed by atoms with E-state index in [9.17, 15) is 9.59 Å². The van der Waals surface area contributed by atoms with Crippen LogP contribution in [0.2, 0.25) is 5.02 Å². The number of aliphatic carboxylic acids is 1. The number of carbonyl (C=O) groups excluding carboxylic acids is 1. The van der Waals surface area contributed by atoms with Crippen molar-refractivity contribution in [2.24, 2.45) is 10.2 Å². The Kier molecular flexibility index (Phi) is 6.67. The molecule has 28 heavy (non-hydrogen) atoms. The maximum Gasteiger partial charge on any atom is 0.305 e. The number of thioether (sulfide) groups is 1. The second kappa shape index (κ2) is 9.38. The van der Waals surface area contributed by atoms with Gasteiger partial charge in [0.2, 0.25) is 5.91 Å². The number of ether oxygens (including phenoxy) is 1. The Labute approximate surface area is 170 Å². The van der Waals surface area contributed by atoms with Gasteiger partial charge in [-0.1, -0.05) is 41.6 Å². The van der Waals surface area contributed by atoms with Gasteiger partial charge in [-0.25, -0.2) is 0 Å². The van der Waals surface area contributed by atoms with Gasteiger partial charge < -0.3 is 15.2 Å². The predicted octanol–water partition coefficient (Wildman–Crippen LogP) is 3.32. The molecule has 0 spiro atoms. The number of halogens is 1. The first kappa shape index (κ1) is 19.9. The van der Waals surface area contributed by atoms with Crippen LogP contribution >= 0.6 is 23.4 Å². The van der Waals surface area contributed by atoms with Crippen molar-refractivity contribution in [3.8, 4) is 5.75 Å². The molecule has 7 nitrogen and oxygen atoms in total. The summed E-state index contributed by atoms with van der Waals surface area (Å²) in [7, 11) is 0. The fourth-order valence-corrected chi connectivity index (χ4v) is 3.43. The fourth-order valence-electron chi connectivity index (χ4n) is 2.32. The SMILES string of the molecule is O=C(O)C[C@@H]1S/C(=N\N=C/c2ccc(OCc3ccccc3Cl)cc2)NC1=O. The molecule has 2 N–H and O–H groups in total. The first-order chi connectivity index (χ1) is 13.5. The standard InChI is InChI=1S/C19H16ClN3O4S/c20-15-4-2-1-3-13(15)11-27-14-7-5-12(6-8-14)10-21-23-19-22-18(26)16(28-19)9-17(24)25/h1-8,10,16H,9,11H2,(H,24,25)(H,22,23,26)/b21-10-/t16-/m0/s1. The Bertz CT molecular complexity index is 931. The van der Waals surface area contributed by atoms with Crippen LogP contribution in [0.25, 0.3) is 0 Å². The van der Waals surface area contributed by atoms with Gasteiger partial charge in [-0.3, -0.25) is 9.59 Å². The number of carboxylic acid groups (broad SMARTS) is 1. The number of nitrogens with zero attached hydrogens (tertiary/aromatic N) is 2. The summed E-state index contributed by atoms with van der Waals surface area (Å²) in [5.74, 6) is -0.714. The van der Waals surface area contributed by atoms with Crippen LogP contribution in [0.3, 0.4) is 0 Å². The maximum atomic E-state index is 11.6. The second-order valence-corrected chi connectivity index (χ2v) is 7.39. The van der Waals surface area contributed by atoms with Gasteiger partial charge in [0.05, 0.1) is 12.6 Å². The molecule has 1 atom stereocenters. The number of nitrogens with one attached hydrogen (secondary N) is 1. The van der Waals surface area contributed by atoms with E-state index in [1.54, 1.807) is 12.1 Å². The van der Waals surface area contributed by atoms with E-state index in [1.165, 1.54) is 6.21 Å². The number of amidine groups is 1. The molecule has 3 rings (SSSR count). The van der Waals surface area contributed by atoms with Gasteiger partial charge in [0.1, 0.15) is 17.6 Å². The number of rotatable bonds is 7. The van der Waals surface area contributed by atoms with E-state index in [0.717, 1.165) is 22.9 Å². The minimum absolute atomic E-state index is 0.255.